The van der Waals surface area contributed by atoms with Gasteiger partial charge in [0.15, 0.2) is 17.6 Å². The van der Waals surface area contributed by atoms with Crippen molar-refractivity contribution >= 4 is 6.03 Å². The van der Waals surface area contributed by atoms with Crippen LogP contribution in [0.1, 0.15) is 5.56 Å². The molecule has 7 heteroatoms. The van der Waals surface area contributed by atoms with Crippen LogP contribution in [0.2, 0.25) is 0 Å². The van der Waals surface area contributed by atoms with Crippen molar-refractivity contribution in [2.75, 3.05) is 19.7 Å². The minimum absolute atomic E-state index is 0.204. The maximum Gasteiger partial charge on any atom is 0.314 e. The molecule has 2 heterocycles. The highest BCUT2D eigenvalue weighted by atomic mass is 16.6. The smallest absolute Gasteiger partial charge is 0.314 e. The Morgan fingerprint density at radius 2 is 1.86 bits per heavy atom. The number of ether oxygens (including phenoxy) is 2. The second-order valence-electron chi connectivity index (χ2n) is 6.51. The van der Waals surface area contributed by atoms with E-state index in [0.29, 0.717) is 31.9 Å². The Kier molecular flexibility index (Phi) is 5.42. The number of nitrogens with one attached hydrogen (secondary N) is 2. The van der Waals surface area contributed by atoms with E-state index in [2.05, 4.69) is 15.7 Å². The second kappa shape index (κ2) is 8.47. The molecule has 4 rings (SSSR count). The van der Waals surface area contributed by atoms with E-state index in [0.717, 1.165) is 17.0 Å². The first-order valence-electron chi connectivity index (χ1n) is 9.27. The standard InChI is InChI=1S/C21H22N4O3/c26-21(23-13-18-15-27-19-8-4-5-9-20(19)28-18)22-11-10-16-12-24-25(14-16)17-6-2-1-3-7-17/h1-9,12,14,18H,10-11,13,15H2,(H2,22,23,26). The average Bonchev–Trinajstić information content (AvgIpc) is 3.22. The molecule has 144 valence electrons. The number of amides is 2. The molecule has 28 heavy (non-hydrogen) atoms. The summed E-state index contributed by atoms with van der Waals surface area (Å²) in [7, 11) is 0. The van der Waals surface area contributed by atoms with Crippen LogP contribution in [0.15, 0.2) is 67.0 Å². The Bertz CT molecular complexity index is 926. The van der Waals surface area contributed by atoms with Crippen LogP contribution in [0.5, 0.6) is 11.5 Å². The number of hydrogen-bond donors (Lipinski definition) is 2. The number of carbonyl (C=O) groups is 1. The summed E-state index contributed by atoms with van der Waals surface area (Å²) >= 11 is 0. The number of carbonyl (C=O) groups excluding carboxylic acids is 1. The summed E-state index contributed by atoms with van der Waals surface area (Å²) in [5.74, 6) is 1.44. The first kappa shape index (κ1) is 17.9. The van der Waals surface area contributed by atoms with Crippen LogP contribution >= 0.6 is 0 Å². The van der Waals surface area contributed by atoms with Gasteiger partial charge in [0.05, 0.1) is 18.4 Å². The molecule has 2 aromatic carbocycles. The topological polar surface area (TPSA) is 77.4 Å². The predicted molar refractivity (Wildman–Crippen MR) is 105 cm³/mol. The normalized spacial score (nSPS) is 15.1. The third-order valence-corrected chi connectivity index (χ3v) is 4.41. The highest BCUT2D eigenvalue weighted by molar-refractivity contribution is 5.73. The van der Waals surface area contributed by atoms with Crippen molar-refractivity contribution in [2.24, 2.45) is 0 Å². The summed E-state index contributed by atoms with van der Waals surface area (Å²) < 4.78 is 13.3. The van der Waals surface area contributed by atoms with Gasteiger partial charge in [0, 0.05) is 12.7 Å². The van der Waals surface area contributed by atoms with Gasteiger partial charge in [0.1, 0.15) is 6.61 Å². The molecular formula is C21H22N4O3. The molecule has 3 aromatic rings. The Balaban J connectivity index is 1.18. The Hall–Kier alpha value is -3.48. The average molecular weight is 378 g/mol. The molecule has 0 saturated heterocycles. The number of fused-ring (bicyclic) bond motifs is 1. The van der Waals surface area contributed by atoms with Crippen LogP contribution in [-0.2, 0) is 6.42 Å². The number of rotatable bonds is 6. The molecule has 1 aliphatic rings. The van der Waals surface area contributed by atoms with Crippen LogP contribution in [0.4, 0.5) is 4.79 Å². The van der Waals surface area contributed by atoms with Crippen LogP contribution in [-0.4, -0.2) is 41.6 Å². The fraction of sp³-hybridized carbons (Fsp3) is 0.238. The van der Waals surface area contributed by atoms with Gasteiger partial charge in [-0.25, -0.2) is 9.48 Å². The SMILES string of the molecule is O=C(NCCc1cnn(-c2ccccc2)c1)NCC1COc2ccccc2O1. The molecule has 2 N–H and O–H groups in total. The van der Waals surface area contributed by atoms with E-state index in [1.807, 2.05) is 71.7 Å². The highest BCUT2D eigenvalue weighted by Gasteiger charge is 2.20. The van der Waals surface area contributed by atoms with E-state index < -0.39 is 0 Å². The van der Waals surface area contributed by atoms with E-state index in [1.165, 1.54) is 0 Å². The number of nitrogens with zero attached hydrogens (tertiary/aromatic N) is 2. The lowest BCUT2D eigenvalue weighted by atomic mass is 10.2. The molecule has 1 unspecified atom stereocenters. The summed E-state index contributed by atoms with van der Waals surface area (Å²) in [6, 6.07) is 17.2. The lowest BCUT2D eigenvalue weighted by Gasteiger charge is -2.26. The minimum atomic E-state index is -0.224. The molecular weight excluding hydrogens is 356 g/mol. The molecule has 0 spiro atoms. The van der Waals surface area contributed by atoms with Crippen LogP contribution in [0, 0.1) is 0 Å². The molecule has 1 aliphatic heterocycles. The highest BCUT2D eigenvalue weighted by Crippen LogP contribution is 2.30. The Labute approximate surface area is 163 Å². The summed E-state index contributed by atoms with van der Waals surface area (Å²) in [5, 5.41) is 10.0. The number of aromatic nitrogens is 2. The molecule has 0 radical (unpaired) electrons. The van der Waals surface area contributed by atoms with E-state index in [-0.39, 0.29) is 12.1 Å². The maximum atomic E-state index is 12.0. The van der Waals surface area contributed by atoms with Crippen molar-refractivity contribution in [1.82, 2.24) is 20.4 Å². The van der Waals surface area contributed by atoms with Gasteiger partial charge >= 0.3 is 6.03 Å². The Morgan fingerprint density at radius 3 is 2.71 bits per heavy atom. The predicted octanol–water partition coefficient (Wildman–Crippen LogP) is 2.55. The van der Waals surface area contributed by atoms with E-state index >= 15 is 0 Å². The quantitative estimate of drug-likeness (QED) is 0.691. The van der Waals surface area contributed by atoms with Gasteiger partial charge in [-0.15, -0.1) is 0 Å². The number of benzene rings is 2. The molecule has 1 atom stereocenters. The van der Waals surface area contributed by atoms with Gasteiger partial charge in [-0.3, -0.25) is 0 Å². The number of para-hydroxylation sites is 3. The third kappa shape index (κ3) is 4.43. The van der Waals surface area contributed by atoms with E-state index in [9.17, 15) is 4.79 Å². The zero-order valence-electron chi connectivity index (χ0n) is 15.4. The number of hydrogen-bond acceptors (Lipinski definition) is 4. The van der Waals surface area contributed by atoms with Crippen molar-refractivity contribution in [2.45, 2.75) is 12.5 Å². The largest absolute Gasteiger partial charge is 0.486 e. The van der Waals surface area contributed by atoms with Gasteiger partial charge in [0.2, 0.25) is 0 Å². The zero-order chi connectivity index (χ0) is 19.2. The summed E-state index contributed by atoms with van der Waals surface area (Å²) in [6.07, 6.45) is 4.29. The van der Waals surface area contributed by atoms with Crippen LogP contribution in [0.3, 0.4) is 0 Å². The lowest BCUT2D eigenvalue weighted by molar-refractivity contribution is 0.0918. The third-order valence-electron chi connectivity index (χ3n) is 4.41. The number of urea groups is 1. The first-order valence-corrected chi connectivity index (χ1v) is 9.27. The first-order chi connectivity index (χ1) is 13.8. The fourth-order valence-corrected chi connectivity index (χ4v) is 2.96. The van der Waals surface area contributed by atoms with Crippen molar-refractivity contribution in [3.05, 3.63) is 72.6 Å². The summed E-state index contributed by atoms with van der Waals surface area (Å²) in [4.78, 5) is 12.0. The summed E-state index contributed by atoms with van der Waals surface area (Å²) in [5.41, 5.74) is 2.07. The lowest BCUT2D eigenvalue weighted by Crippen LogP contribution is -2.44. The van der Waals surface area contributed by atoms with E-state index in [1.54, 1.807) is 0 Å². The molecule has 0 saturated carbocycles. The van der Waals surface area contributed by atoms with Crippen molar-refractivity contribution in [1.29, 1.82) is 0 Å². The van der Waals surface area contributed by atoms with Crippen molar-refractivity contribution in [3.63, 3.8) is 0 Å². The monoisotopic (exact) mass is 378 g/mol. The van der Waals surface area contributed by atoms with Crippen LogP contribution < -0.4 is 20.1 Å². The maximum absolute atomic E-state index is 12.0. The molecule has 0 fully saturated rings. The summed E-state index contributed by atoms with van der Waals surface area (Å²) in [6.45, 7) is 1.32. The molecule has 0 aliphatic carbocycles. The van der Waals surface area contributed by atoms with Gasteiger partial charge in [-0.05, 0) is 36.2 Å². The molecule has 0 bridgehead atoms. The van der Waals surface area contributed by atoms with Gasteiger partial charge < -0.3 is 20.1 Å². The second-order valence-corrected chi connectivity index (χ2v) is 6.51. The van der Waals surface area contributed by atoms with E-state index in [4.69, 9.17) is 9.47 Å². The zero-order valence-corrected chi connectivity index (χ0v) is 15.4. The molecule has 1 aromatic heterocycles. The van der Waals surface area contributed by atoms with Gasteiger partial charge in [-0.1, -0.05) is 30.3 Å². The van der Waals surface area contributed by atoms with Gasteiger partial charge in [-0.2, -0.15) is 5.10 Å². The minimum Gasteiger partial charge on any atom is -0.486 e. The molecule has 7 nitrogen and oxygen atoms in total. The fourth-order valence-electron chi connectivity index (χ4n) is 2.96. The van der Waals surface area contributed by atoms with Crippen LogP contribution in [0.25, 0.3) is 5.69 Å². The van der Waals surface area contributed by atoms with Crippen molar-refractivity contribution in [3.8, 4) is 17.2 Å². The van der Waals surface area contributed by atoms with Gasteiger partial charge in [0.25, 0.3) is 0 Å². The molecule has 2 amide bonds. The van der Waals surface area contributed by atoms with Crippen molar-refractivity contribution < 1.29 is 14.3 Å². The Morgan fingerprint density at radius 1 is 1.07 bits per heavy atom.